The molecule has 1 aliphatic rings. The Morgan fingerprint density at radius 1 is 1.22 bits per heavy atom. The summed E-state index contributed by atoms with van der Waals surface area (Å²) in [4.78, 5) is 27.9. The van der Waals surface area contributed by atoms with Gasteiger partial charge in [-0.15, -0.1) is 0 Å². The molecule has 0 saturated carbocycles. The topological polar surface area (TPSA) is 72.9 Å². The standard InChI is InChI=1S/C17H25N3O3/c1-3-13-6-4-5-7-14(13)18-16(21)12-15(17(22)23)20-10-8-19(2)9-11-20/h4-7,15H,3,8-12H2,1-2H3,(H,18,21)(H,22,23)/t15-/m1/s1. The molecule has 2 N–H and O–H groups in total. The van der Waals surface area contributed by atoms with Crippen LogP contribution in [0.25, 0.3) is 0 Å². The van der Waals surface area contributed by atoms with Crippen LogP contribution >= 0.6 is 0 Å². The number of piperazine rings is 1. The van der Waals surface area contributed by atoms with E-state index in [1.807, 2.05) is 43.1 Å². The van der Waals surface area contributed by atoms with Crippen molar-refractivity contribution >= 4 is 17.6 Å². The highest BCUT2D eigenvalue weighted by Gasteiger charge is 2.30. The summed E-state index contributed by atoms with van der Waals surface area (Å²) >= 11 is 0. The largest absolute Gasteiger partial charge is 0.480 e. The second-order valence-electron chi connectivity index (χ2n) is 5.96. The number of aliphatic carboxylic acids is 1. The Labute approximate surface area is 137 Å². The van der Waals surface area contributed by atoms with E-state index in [0.29, 0.717) is 13.1 Å². The quantitative estimate of drug-likeness (QED) is 0.826. The molecule has 1 saturated heterocycles. The van der Waals surface area contributed by atoms with E-state index in [2.05, 4.69) is 10.2 Å². The number of para-hydroxylation sites is 1. The fourth-order valence-electron chi connectivity index (χ4n) is 2.83. The Hall–Kier alpha value is -1.92. The highest BCUT2D eigenvalue weighted by molar-refractivity contribution is 5.94. The van der Waals surface area contributed by atoms with Gasteiger partial charge < -0.3 is 15.3 Å². The third kappa shape index (κ3) is 4.77. The van der Waals surface area contributed by atoms with Gasteiger partial charge in [-0.2, -0.15) is 0 Å². The molecule has 0 aliphatic carbocycles. The number of carbonyl (C=O) groups excluding carboxylic acids is 1. The normalized spacial score (nSPS) is 17.7. The van der Waals surface area contributed by atoms with Crippen molar-refractivity contribution in [2.24, 2.45) is 0 Å². The fourth-order valence-corrected chi connectivity index (χ4v) is 2.83. The van der Waals surface area contributed by atoms with Crippen LogP contribution in [0.1, 0.15) is 18.9 Å². The van der Waals surface area contributed by atoms with Gasteiger partial charge in [0.05, 0.1) is 6.42 Å². The zero-order chi connectivity index (χ0) is 16.8. The number of benzene rings is 1. The molecular formula is C17H25N3O3. The summed E-state index contributed by atoms with van der Waals surface area (Å²) < 4.78 is 0. The van der Waals surface area contributed by atoms with E-state index in [0.717, 1.165) is 30.8 Å². The van der Waals surface area contributed by atoms with Crippen LogP contribution in [0.5, 0.6) is 0 Å². The second kappa shape index (κ2) is 8.08. The van der Waals surface area contributed by atoms with Crippen molar-refractivity contribution in [3.05, 3.63) is 29.8 Å². The summed E-state index contributed by atoms with van der Waals surface area (Å²) in [6.45, 7) is 5.02. The molecule has 0 radical (unpaired) electrons. The van der Waals surface area contributed by atoms with E-state index in [1.165, 1.54) is 0 Å². The molecule has 1 atom stereocenters. The number of carbonyl (C=O) groups is 2. The van der Waals surface area contributed by atoms with Crippen LogP contribution in [0, 0.1) is 0 Å². The van der Waals surface area contributed by atoms with Gasteiger partial charge in [-0.25, -0.2) is 0 Å². The van der Waals surface area contributed by atoms with Crippen molar-refractivity contribution in [1.82, 2.24) is 9.80 Å². The highest BCUT2D eigenvalue weighted by Crippen LogP contribution is 2.17. The molecule has 1 amide bonds. The van der Waals surface area contributed by atoms with Crippen molar-refractivity contribution in [2.45, 2.75) is 25.8 Å². The Kier molecular flexibility index (Phi) is 6.12. The fraction of sp³-hybridized carbons (Fsp3) is 0.529. The summed E-state index contributed by atoms with van der Waals surface area (Å²) in [5.74, 6) is -1.19. The Morgan fingerprint density at radius 3 is 2.48 bits per heavy atom. The van der Waals surface area contributed by atoms with E-state index in [4.69, 9.17) is 0 Å². The monoisotopic (exact) mass is 319 g/mol. The highest BCUT2D eigenvalue weighted by atomic mass is 16.4. The van der Waals surface area contributed by atoms with E-state index in [9.17, 15) is 14.7 Å². The van der Waals surface area contributed by atoms with Crippen LogP contribution in [-0.2, 0) is 16.0 Å². The van der Waals surface area contributed by atoms with Crippen molar-refractivity contribution in [3.63, 3.8) is 0 Å². The van der Waals surface area contributed by atoms with E-state index >= 15 is 0 Å². The first kappa shape index (κ1) is 17.4. The lowest BCUT2D eigenvalue weighted by molar-refractivity contribution is -0.145. The molecule has 1 aromatic rings. The Balaban J connectivity index is 1.99. The summed E-state index contributed by atoms with van der Waals surface area (Å²) in [7, 11) is 2.02. The lowest BCUT2D eigenvalue weighted by Crippen LogP contribution is -2.52. The summed E-state index contributed by atoms with van der Waals surface area (Å²) in [6.07, 6.45) is 0.786. The molecule has 0 spiro atoms. The molecule has 23 heavy (non-hydrogen) atoms. The van der Waals surface area contributed by atoms with E-state index in [1.54, 1.807) is 0 Å². The number of amides is 1. The zero-order valence-corrected chi connectivity index (χ0v) is 13.8. The minimum absolute atomic E-state index is 0.0307. The molecule has 1 aliphatic heterocycles. The molecule has 6 nitrogen and oxygen atoms in total. The maximum Gasteiger partial charge on any atom is 0.321 e. The van der Waals surface area contributed by atoms with Crippen molar-refractivity contribution in [2.75, 3.05) is 38.5 Å². The van der Waals surface area contributed by atoms with Crippen LogP contribution in [0.3, 0.4) is 0 Å². The van der Waals surface area contributed by atoms with Gasteiger partial charge in [-0.05, 0) is 25.1 Å². The Morgan fingerprint density at radius 2 is 1.87 bits per heavy atom. The van der Waals surface area contributed by atoms with Crippen LogP contribution in [0.4, 0.5) is 5.69 Å². The number of carboxylic acids is 1. The maximum absolute atomic E-state index is 12.3. The molecule has 2 rings (SSSR count). The van der Waals surface area contributed by atoms with Crippen molar-refractivity contribution in [3.8, 4) is 0 Å². The number of nitrogens with zero attached hydrogens (tertiary/aromatic N) is 2. The first-order valence-electron chi connectivity index (χ1n) is 8.04. The molecule has 1 heterocycles. The number of carboxylic acid groups (broad SMARTS) is 1. The smallest absolute Gasteiger partial charge is 0.321 e. The average Bonchev–Trinajstić information content (AvgIpc) is 2.54. The molecule has 0 unspecified atom stereocenters. The molecule has 6 heteroatoms. The van der Waals surface area contributed by atoms with Gasteiger partial charge in [0.1, 0.15) is 6.04 Å². The number of anilines is 1. The van der Waals surface area contributed by atoms with Gasteiger partial charge >= 0.3 is 5.97 Å². The van der Waals surface area contributed by atoms with Crippen molar-refractivity contribution < 1.29 is 14.7 Å². The summed E-state index contributed by atoms with van der Waals surface area (Å²) in [5.41, 5.74) is 1.81. The van der Waals surface area contributed by atoms with Crippen LogP contribution < -0.4 is 5.32 Å². The zero-order valence-electron chi connectivity index (χ0n) is 13.8. The lowest BCUT2D eigenvalue weighted by atomic mass is 10.1. The number of hydrogen-bond donors (Lipinski definition) is 2. The third-order valence-electron chi connectivity index (χ3n) is 4.31. The van der Waals surface area contributed by atoms with Gasteiger partial charge in [-0.1, -0.05) is 25.1 Å². The SMILES string of the molecule is CCc1ccccc1NC(=O)C[C@H](C(=O)O)N1CCN(C)CC1. The summed E-state index contributed by atoms with van der Waals surface area (Å²) in [6, 6.07) is 6.84. The molecule has 1 aromatic carbocycles. The first-order chi connectivity index (χ1) is 11.0. The second-order valence-corrected chi connectivity index (χ2v) is 5.96. The number of rotatable bonds is 6. The minimum Gasteiger partial charge on any atom is -0.480 e. The van der Waals surface area contributed by atoms with E-state index in [-0.39, 0.29) is 12.3 Å². The lowest BCUT2D eigenvalue weighted by Gasteiger charge is -2.35. The van der Waals surface area contributed by atoms with Gasteiger partial charge in [-0.3, -0.25) is 14.5 Å². The maximum atomic E-state index is 12.3. The third-order valence-corrected chi connectivity index (χ3v) is 4.31. The van der Waals surface area contributed by atoms with Crippen LogP contribution in [0.2, 0.25) is 0 Å². The van der Waals surface area contributed by atoms with Gasteiger partial charge in [0.15, 0.2) is 0 Å². The molecule has 0 bridgehead atoms. The summed E-state index contributed by atoms with van der Waals surface area (Å²) in [5, 5.41) is 12.3. The molecule has 1 fully saturated rings. The predicted molar refractivity (Wildman–Crippen MR) is 89.6 cm³/mol. The van der Waals surface area contributed by atoms with Crippen LogP contribution in [-0.4, -0.2) is 66.1 Å². The number of hydrogen-bond acceptors (Lipinski definition) is 4. The first-order valence-corrected chi connectivity index (χ1v) is 8.04. The van der Waals surface area contributed by atoms with Crippen molar-refractivity contribution in [1.29, 1.82) is 0 Å². The van der Waals surface area contributed by atoms with E-state index < -0.39 is 12.0 Å². The Bertz CT molecular complexity index is 554. The molecule has 126 valence electrons. The predicted octanol–water partition coefficient (Wildman–Crippen LogP) is 1.28. The average molecular weight is 319 g/mol. The minimum atomic E-state index is -0.937. The number of likely N-dealkylation sites (N-methyl/N-ethyl adjacent to an activating group) is 1. The van der Waals surface area contributed by atoms with Gasteiger partial charge in [0.2, 0.25) is 5.91 Å². The van der Waals surface area contributed by atoms with Crippen LogP contribution in [0.15, 0.2) is 24.3 Å². The number of aryl methyl sites for hydroxylation is 1. The van der Waals surface area contributed by atoms with Gasteiger partial charge in [0, 0.05) is 31.9 Å². The van der Waals surface area contributed by atoms with Gasteiger partial charge in [0.25, 0.3) is 0 Å². The number of nitrogens with one attached hydrogen (secondary N) is 1. The molecular weight excluding hydrogens is 294 g/mol. The molecule has 0 aromatic heterocycles.